The summed E-state index contributed by atoms with van der Waals surface area (Å²) in [6.07, 6.45) is 1.17. The first-order valence-corrected chi connectivity index (χ1v) is 10.4. The zero-order valence-electron chi connectivity index (χ0n) is 15.7. The molecule has 5 heteroatoms. The predicted molar refractivity (Wildman–Crippen MR) is 106 cm³/mol. The minimum atomic E-state index is 0.495. The molecule has 1 saturated heterocycles. The molecule has 0 bridgehead atoms. The summed E-state index contributed by atoms with van der Waals surface area (Å²) in [5.41, 5.74) is 4.18. The summed E-state index contributed by atoms with van der Waals surface area (Å²) in [6, 6.07) is 9.49. The molecule has 0 spiro atoms. The lowest BCUT2D eigenvalue weighted by atomic mass is 10.00. The van der Waals surface area contributed by atoms with Crippen LogP contribution in [0.2, 0.25) is 0 Å². The van der Waals surface area contributed by atoms with Crippen LogP contribution in [0.1, 0.15) is 34.5 Å². The van der Waals surface area contributed by atoms with Gasteiger partial charge in [-0.25, -0.2) is 0 Å². The molecule has 1 fully saturated rings. The first kappa shape index (κ1) is 18.0. The lowest BCUT2D eigenvalue weighted by Gasteiger charge is -2.34. The zero-order chi connectivity index (χ0) is 17.9. The van der Waals surface area contributed by atoms with Crippen LogP contribution in [-0.2, 0) is 24.2 Å². The summed E-state index contributed by atoms with van der Waals surface area (Å²) in [6.45, 7) is 9.06. The van der Waals surface area contributed by atoms with E-state index in [1.807, 2.05) is 11.3 Å². The van der Waals surface area contributed by atoms with Crippen molar-refractivity contribution in [1.29, 1.82) is 0 Å². The first-order valence-electron chi connectivity index (χ1n) is 9.51. The largest absolute Gasteiger partial charge is 0.496 e. The quantitative estimate of drug-likeness (QED) is 0.799. The third kappa shape index (κ3) is 3.81. The molecule has 4 rings (SSSR count). The SMILES string of the molecule is COc1ccc(CN2CCc3sccc3[C@@H]2C)cc1CN1CCOCC1. The van der Waals surface area contributed by atoms with Gasteiger partial charge in [-0.3, -0.25) is 9.80 Å². The number of methoxy groups -OCH3 is 1. The number of thiophene rings is 1. The average molecular weight is 373 g/mol. The summed E-state index contributed by atoms with van der Waals surface area (Å²) in [7, 11) is 1.77. The molecule has 0 aliphatic carbocycles. The van der Waals surface area contributed by atoms with Crippen molar-refractivity contribution in [3.8, 4) is 5.75 Å². The molecule has 140 valence electrons. The fourth-order valence-electron chi connectivity index (χ4n) is 4.07. The van der Waals surface area contributed by atoms with Crippen molar-refractivity contribution in [1.82, 2.24) is 9.80 Å². The Bertz CT molecular complexity index is 739. The van der Waals surface area contributed by atoms with Crippen LogP contribution in [-0.4, -0.2) is 49.8 Å². The molecule has 1 aromatic carbocycles. The van der Waals surface area contributed by atoms with Crippen molar-refractivity contribution in [3.63, 3.8) is 0 Å². The van der Waals surface area contributed by atoms with Crippen LogP contribution in [0, 0.1) is 0 Å². The Morgan fingerprint density at radius 1 is 1.15 bits per heavy atom. The maximum atomic E-state index is 5.62. The highest BCUT2D eigenvalue weighted by Gasteiger charge is 2.25. The lowest BCUT2D eigenvalue weighted by Crippen LogP contribution is -2.35. The van der Waals surface area contributed by atoms with Crippen LogP contribution in [0.25, 0.3) is 0 Å². The topological polar surface area (TPSA) is 24.9 Å². The van der Waals surface area contributed by atoms with Crippen LogP contribution in [0.5, 0.6) is 5.75 Å². The summed E-state index contributed by atoms with van der Waals surface area (Å²) in [4.78, 5) is 6.61. The Morgan fingerprint density at radius 2 is 2.00 bits per heavy atom. The van der Waals surface area contributed by atoms with E-state index < -0.39 is 0 Å². The number of rotatable bonds is 5. The molecular weight excluding hydrogens is 344 g/mol. The highest BCUT2D eigenvalue weighted by Crippen LogP contribution is 2.34. The van der Waals surface area contributed by atoms with Gasteiger partial charge in [-0.2, -0.15) is 0 Å². The third-order valence-corrected chi connectivity index (χ3v) is 6.63. The van der Waals surface area contributed by atoms with Crippen molar-refractivity contribution in [2.45, 2.75) is 32.5 Å². The van der Waals surface area contributed by atoms with Crippen LogP contribution < -0.4 is 4.74 Å². The number of ether oxygens (including phenoxy) is 2. The molecule has 1 atom stereocenters. The molecule has 4 nitrogen and oxygen atoms in total. The zero-order valence-corrected chi connectivity index (χ0v) is 16.6. The molecule has 2 aliphatic heterocycles. The van der Waals surface area contributed by atoms with Crippen molar-refractivity contribution >= 4 is 11.3 Å². The Morgan fingerprint density at radius 3 is 2.81 bits per heavy atom. The van der Waals surface area contributed by atoms with E-state index >= 15 is 0 Å². The molecule has 3 heterocycles. The Hall–Kier alpha value is -1.40. The summed E-state index contributed by atoms with van der Waals surface area (Å²) >= 11 is 1.91. The van der Waals surface area contributed by atoms with Gasteiger partial charge < -0.3 is 9.47 Å². The minimum absolute atomic E-state index is 0.495. The fourth-order valence-corrected chi connectivity index (χ4v) is 5.03. The number of hydrogen-bond donors (Lipinski definition) is 0. The number of nitrogens with zero attached hydrogens (tertiary/aromatic N) is 2. The third-order valence-electron chi connectivity index (χ3n) is 5.63. The molecule has 0 amide bonds. The van der Waals surface area contributed by atoms with Crippen molar-refractivity contribution in [2.24, 2.45) is 0 Å². The maximum absolute atomic E-state index is 5.62. The standard InChI is InChI=1S/C21H28N2O2S/c1-16-19-6-12-26-21(19)5-7-23(16)14-17-3-4-20(24-2)18(13-17)15-22-8-10-25-11-9-22/h3-4,6,12-13,16H,5,7-11,14-15H2,1-2H3/t16-/m0/s1. The van der Waals surface area contributed by atoms with Gasteiger partial charge in [0.1, 0.15) is 5.75 Å². The van der Waals surface area contributed by atoms with E-state index in [9.17, 15) is 0 Å². The van der Waals surface area contributed by atoms with Gasteiger partial charge in [-0.1, -0.05) is 6.07 Å². The van der Waals surface area contributed by atoms with Gasteiger partial charge in [0.2, 0.25) is 0 Å². The Kier molecular flexibility index (Phi) is 5.60. The van der Waals surface area contributed by atoms with Gasteiger partial charge in [0.05, 0.1) is 20.3 Å². The lowest BCUT2D eigenvalue weighted by molar-refractivity contribution is 0.0338. The van der Waals surface area contributed by atoms with E-state index in [0.29, 0.717) is 6.04 Å². The van der Waals surface area contributed by atoms with E-state index in [1.165, 1.54) is 23.1 Å². The van der Waals surface area contributed by atoms with Crippen molar-refractivity contribution in [3.05, 3.63) is 51.2 Å². The van der Waals surface area contributed by atoms with Gasteiger partial charge >= 0.3 is 0 Å². The molecule has 2 aromatic rings. The Labute approximate surface area is 160 Å². The van der Waals surface area contributed by atoms with Crippen molar-refractivity contribution < 1.29 is 9.47 Å². The van der Waals surface area contributed by atoms with E-state index in [0.717, 1.165) is 51.7 Å². The predicted octanol–water partition coefficient (Wildman–Crippen LogP) is 3.71. The second kappa shape index (κ2) is 8.09. The molecule has 0 N–H and O–H groups in total. The second-order valence-electron chi connectivity index (χ2n) is 7.23. The number of benzene rings is 1. The summed E-state index contributed by atoms with van der Waals surface area (Å²) in [5.74, 6) is 0.993. The maximum Gasteiger partial charge on any atom is 0.123 e. The smallest absolute Gasteiger partial charge is 0.123 e. The highest BCUT2D eigenvalue weighted by atomic mass is 32.1. The molecular formula is C21H28N2O2S. The van der Waals surface area contributed by atoms with Gasteiger partial charge in [0.25, 0.3) is 0 Å². The van der Waals surface area contributed by atoms with Crippen LogP contribution >= 0.6 is 11.3 Å². The molecule has 1 aromatic heterocycles. The van der Waals surface area contributed by atoms with Gasteiger partial charge in [-0.05, 0) is 48.1 Å². The first-order chi connectivity index (χ1) is 12.7. The fraction of sp³-hybridized carbons (Fsp3) is 0.524. The average Bonchev–Trinajstić information content (AvgIpc) is 3.15. The van der Waals surface area contributed by atoms with Crippen molar-refractivity contribution in [2.75, 3.05) is 40.0 Å². The van der Waals surface area contributed by atoms with Gasteiger partial charge in [-0.15, -0.1) is 11.3 Å². The van der Waals surface area contributed by atoms with Gasteiger partial charge in [0.15, 0.2) is 0 Å². The monoisotopic (exact) mass is 372 g/mol. The summed E-state index contributed by atoms with van der Waals surface area (Å²) in [5, 5.41) is 2.23. The normalized spacial score (nSPS) is 21.5. The van der Waals surface area contributed by atoms with E-state index in [-0.39, 0.29) is 0 Å². The highest BCUT2D eigenvalue weighted by molar-refractivity contribution is 7.10. The van der Waals surface area contributed by atoms with Gasteiger partial charge in [0, 0.05) is 49.2 Å². The Balaban J connectivity index is 1.49. The molecule has 2 aliphatic rings. The van der Waals surface area contributed by atoms with E-state index in [2.05, 4.69) is 46.4 Å². The second-order valence-corrected chi connectivity index (χ2v) is 8.23. The minimum Gasteiger partial charge on any atom is -0.496 e. The van der Waals surface area contributed by atoms with E-state index in [1.54, 1.807) is 12.0 Å². The number of fused-ring (bicyclic) bond motifs is 1. The molecule has 0 unspecified atom stereocenters. The molecule has 26 heavy (non-hydrogen) atoms. The summed E-state index contributed by atoms with van der Waals surface area (Å²) < 4.78 is 11.1. The molecule has 0 radical (unpaired) electrons. The van der Waals surface area contributed by atoms with Crippen LogP contribution in [0.15, 0.2) is 29.6 Å². The van der Waals surface area contributed by atoms with Crippen LogP contribution in [0.3, 0.4) is 0 Å². The number of hydrogen-bond acceptors (Lipinski definition) is 5. The van der Waals surface area contributed by atoms with Crippen LogP contribution in [0.4, 0.5) is 0 Å². The number of morpholine rings is 1. The molecule has 0 saturated carbocycles. The van der Waals surface area contributed by atoms with E-state index in [4.69, 9.17) is 9.47 Å².